The smallest absolute Gasteiger partial charge is 0.231 e. The van der Waals surface area contributed by atoms with Crippen LogP contribution in [0.3, 0.4) is 0 Å². The summed E-state index contributed by atoms with van der Waals surface area (Å²) in [6.45, 7) is 0.336. The number of carbonyl (C=O) groups is 2. The Labute approximate surface area is 126 Å². The molecule has 0 bridgehead atoms. The van der Waals surface area contributed by atoms with E-state index in [9.17, 15) is 14.8 Å². The largest absolute Gasteiger partial charge is 0.618 e. The molecule has 1 unspecified atom stereocenters. The van der Waals surface area contributed by atoms with Crippen molar-refractivity contribution in [1.29, 1.82) is 0 Å². The van der Waals surface area contributed by atoms with E-state index in [0.717, 1.165) is 15.7 Å². The summed E-state index contributed by atoms with van der Waals surface area (Å²) in [6, 6.07) is 5.27. The molecule has 2 aliphatic heterocycles. The van der Waals surface area contributed by atoms with Gasteiger partial charge in [-0.2, -0.15) is 4.74 Å². The molecule has 1 aromatic heterocycles. The van der Waals surface area contributed by atoms with Crippen LogP contribution in [0.25, 0.3) is 11.0 Å². The van der Waals surface area contributed by atoms with Gasteiger partial charge in [0, 0.05) is 30.8 Å². The second kappa shape index (κ2) is 4.69. The number of nitrogens with one attached hydrogen (secondary N) is 1. The van der Waals surface area contributed by atoms with E-state index in [4.69, 9.17) is 4.42 Å². The molecule has 112 valence electrons. The predicted molar refractivity (Wildman–Crippen MR) is 79.0 cm³/mol. The summed E-state index contributed by atoms with van der Waals surface area (Å²) in [5.41, 5.74) is 2.52. The van der Waals surface area contributed by atoms with Gasteiger partial charge in [0.05, 0.1) is 6.26 Å². The number of ketones is 1. The van der Waals surface area contributed by atoms with E-state index in [1.165, 1.54) is 0 Å². The third-order valence-corrected chi connectivity index (χ3v) is 4.38. The van der Waals surface area contributed by atoms with Gasteiger partial charge in [-0.3, -0.25) is 9.59 Å². The number of benzene rings is 1. The van der Waals surface area contributed by atoms with Crippen LogP contribution in [0.1, 0.15) is 24.8 Å². The summed E-state index contributed by atoms with van der Waals surface area (Å²) >= 11 is 0. The van der Waals surface area contributed by atoms with E-state index in [1.54, 1.807) is 24.5 Å². The lowest BCUT2D eigenvalue weighted by Crippen LogP contribution is -2.40. The van der Waals surface area contributed by atoms with Crippen molar-refractivity contribution in [3.63, 3.8) is 0 Å². The molecular weight excluding hydrogens is 284 g/mol. The minimum atomic E-state index is -0.517. The van der Waals surface area contributed by atoms with E-state index in [-0.39, 0.29) is 24.5 Å². The van der Waals surface area contributed by atoms with Crippen LogP contribution in [0, 0.1) is 11.1 Å². The molecule has 6 heteroatoms. The zero-order valence-corrected chi connectivity index (χ0v) is 11.8. The van der Waals surface area contributed by atoms with Crippen LogP contribution in [0.4, 0.5) is 5.69 Å². The van der Waals surface area contributed by atoms with Gasteiger partial charge in [-0.25, -0.2) is 0 Å². The van der Waals surface area contributed by atoms with Gasteiger partial charge in [-0.1, -0.05) is 0 Å². The number of furan rings is 1. The second-order valence-corrected chi connectivity index (χ2v) is 5.63. The second-order valence-electron chi connectivity index (χ2n) is 5.63. The number of carbonyl (C=O) groups excluding carboxylic acids is 2. The summed E-state index contributed by atoms with van der Waals surface area (Å²) < 4.78 is 6.19. The Balaban J connectivity index is 1.78. The van der Waals surface area contributed by atoms with Gasteiger partial charge in [0.15, 0.2) is 0 Å². The zero-order chi connectivity index (χ0) is 15.3. The maximum absolute atomic E-state index is 12.4. The number of Topliss-reactive ketones (excluding diaryl/α,β-unsaturated/α-hetero) is 1. The Morgan fingerprint density at radius 2 is 2.09 bits per heavy atom. The molecule has 3 heterocycles. The summed E-state index contributed by atoms with van der Waals surface area (Å²) in [5.74, 6) is -0.588. The van der Waals surface area contributed by atoms with E-state index in [1.807, 2.05) is 0 Å². The van der Waals surface area contributed by atoms with E-state index >= 15 is 0 Å². The average molecular weight is 298 g/mol. The number of hydrogen-bond donors (Lipinski definition) is 1. The number of nitrogens with zero attached hydrogens (tertiary/aromatic N) is 1. The molecule has 0 aliphatic carbocycles. The SMILES string of the molecule is O=C1CCC(C2=[N+]([O-])c3ccc4occc4c32)C(=O)CCN1. The highest BCUT2D eigenvalue weighted by Crippen LogP contribution is 2.39. The molecule has 2 aliphatic rings. The van der Waals surface area contributed by atoms with Gasteiger partial charge >= 0.3 is 0 Å². The van der Waals surface area contributed by atoms with E-state index in [0.29, 0.717) is 29.9 Å². The first-order valence-corrected chi connectivity index (χ1v) is 7.31. The van der Waals surface area contributed by atoms with Crippen LogP contribution in [0.5, 0.6) is 0 Å². The number of rotatable bonds is 1. The van der Waals surface area contributed by atoms with E-state index < -0.39 is 5.92 Å². The van der Waals surface area contributed by atoms with Crippen molar-refractivity contribution in [2.45, 2.75) is 19.3 Å². The van der Waals surface area contributed by atoms with Gasteiger partial charge in [-0.15, -0.1) is 0 Å². The molecule has 1 saturated heterocycles. The minimum Gasteiger partial charge on any atom is -0.618 e. The van der Waals surface area contributed by atoms with E-state index in [2.05, 4.69) is 5.32 Å². The van der Waals surface area contributed by atoms with Crippen molar-refractivity contribution in [2.24, 2.45) is 5.92 Å². The van der Waals surface area contributed by atoms with Gasteiger partial charge < -0.3 is 14.9 Å². The third-order valence-electron chi connectivity index (χ3n) is 4.38. The third kappa shape index (κ3) is 1.76. The summed E-state index contributed by atoms with van der Waals surface area (Å²) in [6.07, 6.45) is 2.45. The lowest BCUT2D eigenvalue weighted by atomic mass is 9.82. The molecule has 0 spiro atoms. The Bertz CT molecular complexity index is 834. The van der Waals surface area contributed by atoms with Crippen molar-refractivity contribution < 1.29 is 18.7 Å². The Kier molecular flexibility index (Phi) is 2.79. The molecule has 1 amide bonds. The quantitative estimate of drug-likeness (QED) is 0.643. The van der Waals surface area contributed by atoms with Gasteiger partial charge in [0.25, 0.3) is 0 Å². The van der Waals surface area contributed by atoms with Crippen LogP contribution in [0.2, 0.25) is 0 Å². The number of fused-ring (bicyclic) bond motifs is 3. The topological polar surface area (TPSA) is 85.4 Å². The number of amides is 1. The van der Waals surface area contributed by atoms with Gasteiger partial charge in [-0.05, 0) is 18.6 Å². The van der Waals surface area contributed by atoms with Crippen LogP contribution < -0.4 is 5.32 Å². The maximum Gasteiger partial charge on any atom is 0.231 e. The summed E-state index contributed by atoms with van der Waals surface area (Å²) in [4.78, 5) is 24.0. The zero-order valence-electron chi connectivity index (χ0n) is 11.8. The molecule has 0 saturated carbocycles. The lowest BCUT2D eigenvalue weighted by Gasteiger charge is -2.27. The standard InChI is InChI=1S/C16H14N2O4/c19-12-5-7-17-14(20)4-1-9(12)16-15-10-6-8-22-13(10)3-2-11(15)18(16)21/h2-3,6,8-9H,1,4-5,7H2,(H,17,20). The fraction of sp³-hybridized carbons (Fsp3) is 0.312. The molecular formula is C16H14N2O4. The normalized spacial score (nSPS) is 21.9. The van der Waals surface area contributed by atoms with Crippen molar-refractivity contribution in [1.82, 2.24) is 5.32 Å². The maximum atomic E-state index is 12.4. The molecule has 1 atom stereocenters. The monoisotopic (exact) mass is 298 g/mol. The fourth-order valence-electron chi connectivity index (χ4n) is 3.28. The van der Waals surface area contributed by atoms with Crippen molar-refractivity contribution in [3.05, 3.63) is 35.2 Å². The molecule has 4 rings (SSSR count). The Hall–Kier alpha value is -2.63. The van der Waals surface area contributed by atoms with Crippen LogP contribution in [-0.4, -0.2) is 28.7 Å². The molecule has 2 aromatic rings. The van der Waals surface area contributed by atoms with Crippen molar-refractivity contribution in [3.8, 4) is 0 Å². The first-order chi connectivity index (χ1) is 10.7. The molecule has 22 heavy (non-hydrogen) atoms. The molecule has 1 fully saturated rings. The molecule has 6 nitrogen and oxygen atoms in total. The average Bonchev–Trinajstić information content (AvgIpc) is 2.96. The Morgan fingerprint density at radius 3 is 2.95 bits per heavy atom. The van der Waals surface area contributed by atoms with Gasteiger partial charge in [0.1, 0.15) is 22.8 Å². The van der Waals surface area contributed by atoms with Crippen LogP contribution in [0.15, 0.2) is 28.9 Å². The Morgan fingerprint density at radius 1 is 1.23 bits per heavy atom. The predicted octanol–water partition coefficient (Wildman–Crippen LogP) is 1.86. The minimum absolute atomic E-state index is 0.00185. The highest BCUT2D eigenvalue weighted by atomic mass is 16.5. The van der Waals surface area contributed by atoms with Crippen LogP contribution in [-0.2, 0) is 9.59 Å². The highest BCUT2D eigenvalue weighted by Gasteiger charge is 2.43. The first-order valence-electron chi connectivity index (χ1n) is 7.31. The molecule has 1 N–H and O–H groups in total. The van der Waals surface area contributed by atoms with Gasteiger partial charge in [0.2, 0.25) is 17.3 Å². The molecule has 1 aromatic carbocycles. The molecule has 0 radical (unpaired) electrons. The van der Waals surface area contributed by atoms with Crippen molar-refractivity contribution in [2.75, 3.05) is 6.54 Å². The van der Waals surface area contributed by atoms with Crippen LogP contribution >= 0.6 is 0 Å². The fourth-order valence-corrected chi connectivity index (χ4v) is 3.28. The number of hydrogen-bond acceptors (Lipinski definition) is 4. The lowest BCUT2D eigenvalue weighted by molar-refractivity contribution is -0.376. The first kappa shape index (κ1) is 13.1. The van der Waals surface area contributed by atoms with Crippen molar-refractivity contribution >= 4 is 34.1 Å². The summed E-state index contributed by atoms with van der Waals surface area (Å²) in [5, 5.41) is 15.9. The summed E-state index contributed by atoms with van der Waals surface area (Å²) in [7, 11) is 0. The highest BCUT2D eigenvalue weighted by molar-refractivity contribution is 6.22.